The number of hydrogen-bond acceptors (Lipinski definition) is 6. The van der Waals surface area contributed by atoms with Crippen LogP contribution in [0, 0.1) is 21.4 Å². The van der Waals surface area contributed by atoms with Crippen molar-refractivity contribution in [2.45, 2.75) is 0 Å². The molecule has 17 heteroatoms. The van der Waals surface area contributed by atoms with Crippen LogP contribution in [0.25, 0.3) is 90.9 Å². The Labute approximate surface area is 371 Å². The lowest BCUT2D eigenvalue weighted by Crippen LogP contribution is -2.70. The van der Waals surface area contributed by atoms with Gasteiger partial charge in [0.2, 0.25) is 0 Å². The van der Waals surface area contributed by atoms with Crippen molar-refractivity contribution in [2.75, 3.05) is 21.3 Å². The van der Waals surface area contributed by atoms with Crippen LogP contribution >= 0.6 is 0 Å². The highest BCUT2D eigenvalue weighted by Gasteiger charge is 2.19. The van der Waals surface area contributed by atoms with Gasteiger partial charge in [0.05, 0.1) is 28.5 Å². The summed E-state index contributed by atoms with van der Waals surface area (Å²) in [7, 11) is 0. The summed E-state index contributed by atoms with van der Waals surface area (Å²) in [5, 5.41) is 47.6. The maximum Gasteiger partial charge on any atom is 0.346 e. The Morgan fingerprint density at radius 3 is 0.877 bits per heavy atom. The van der Waals surface area contributed by atoms with Crippen LogP contribution in [0.4, 0.5) is 22.7 Å². The zero-order valence-corrected chi connectivity index (χ0v) is 34.5. The van der Waals surface area contributed by atoms with Gasteiger partial charge in [-0.3, -0.25) is 27.1 Å². The van der Waals surface area contributed by atoms with Gasteiger partial charge < -0.3 is 48.3 Å². The topological polar surface area (TPSA) is 318 Å². The molecule has 0 aliphatic carbocycles. The molecule has 3 aromatic heterocycles. The molecule has 65 heavy (non-hydrogen) atoms. The Morgan fingerprint density at radius 1 is 0.400 bits per heavy atom. The molecule has 0 unspecified atom stereocenters. The van der Waals surface area contributed by atoms with Gasteiger partial charge in [-0.2, -0.15) is 0 Å². The van der Waals surface area contributed by atoms with Gasteiger partial charge in [0.15, 0.2) is 17.9 Å². The summed E-state index contributed by atoms with van der Waals surface area (Å²) in [4.78, 5) is 18.1. The molecule has 0 spiro atoms. The lowest BCUT2D eigenvalue weighted by atomic mass is 10.0. The van der Waals surface area contributed by atoms with Crippen LogP contribution in [-0.4, -0.2) is 43.8 Å². The number of aromatic amines is 2. The van der Waals surface area contributed by atoms with Crippen molar-refractivity contribution in [3.8, 4) is 44.5 Å². The predicted octanol–water partition coefficient (Wildman–Crippen LogP) is 6.54. The van der Waals surface area contributed by atoms with Crippen molar-refractivity contribution in [3.05, 3.63) is 149 Å². The van der Waals surface area contributed by atoms with Gasteiger partial charge in [-0.15, -0.1) is 0 Å². The molecule has 17 nitrogen and oxygen atoms in total. The summed E-state index contributed by atoms with van der Waals surface area (Å²) in [6.45, 7) is 0. The Kier molecular flexibility index (Phi) is 10.7. The first-order valence-corrected chi connectivity index (χ1v) is 20.2. The number of H-pyrrole nitrogens is 2. The lowest BCUT2D eigenvalue weighted by molar-refractivity contribution is -0.374. The first-order chi connectivity index (χ1) is 31.5. The molecule has 0 atom stereocenters. The standard InChI is InChI=1S/C48H42N16O/c49-45(50)56-29-9-1-25(2-10-29)41-33-17-19-35(60-33)42(26-3-11-30(12-4-26)57-46(51)52)37-21-23-39(62-37)44(28-7-15-32(16-8-28)59-48(55)64-65)40-24-22-38(63-40)43(36-20-18-34(41)61-36)27-5-13-31(14-6-27)58-47(53)54/h1-24,59-60,63-64H,55H2,(H12-,49,50,51,52,53,54,56,57,58,65). The maximum atomic E-state index is 11.2. The molecule has 0 saturated carbocycles. The van der Waals surface area contributed by atoms with Crippen LogP contribution in [-0.2, 0) is 0 Å². The van der Waals surface area contributed by atoms with Crippen LogP contribution in [0.1, 0.15) is 22.8 Å². The third kappa shape index (κ3) is 8.51. The minimum absolute atomic E-state index is 0.130. The number of guanidine groups is 4. The quantitative estimate of drug-likeness (QED) is 0.0336. The van der Waals surface area contributed by atoms with Crippen LogP contribution in [0.3, 0.4) is 0 Å². The number of aromatic nitrogens is 4. The molecular formula is C48H42N16O. The van der Waals surface area contributed by atoms with Gasteiger partial charge in [0.25, 0.3) is 0 Å². The van der Waals surface area contributed by atoms with Crippen molar-refractivity contribution in [1.82, 2.24) is 19.9 Å². The van der Waals surface area contributed by atoms with Gasteiger partial charge >= 0.3 is 5.96 Å². The Balaban J connectivity index is 1.38. The largest absolute Gasteiger partial charge is 0.747 e. The highest BCUT2D eigenvalue weighted by atomic mass is 16.4. The van der Waals surface area contributed by atoms with Crippen molar-refractivity contribution in [3.63, 3.8) is 0 Å². The number of nitrogens with one attached hydrogen (secondary N) is 10. The molecule has 2 aliphatic heterocycles. The summed E-state index contributed by atoms with van der Waals surface area (Å²) in [5.74, 6) is -0.638. The molecule has 7 aromatic rings. The highest BCUT2D eigenvalue weighted by molar-refractivity contribution is 6.01. The smallest absolute Gasteiger partial charge is 0.346 e. The first-order valence-electron chi connectivity index (χ1n) is 20.2. The number of rotatable bonds is 8. The third-order valence-corrected chi connectivity index (χ3v) is 10.7. The molecule has 8 bridgehead atoms. The van der Waals surface area contributed by atoms with E-state index in [1.54, 1.807) is 5.16 Å². The van der Waals surface area contributed by atoms with E-state index in [0.717, 1.165) is 66.6 Å². The molecule has 2 aliphatic rings. The predicted molar refractivity (Wildman–Crippen MR) is 264 cm³/mol. The zero-order chi connectivity index (χ0) is 45.2. The fraction of sp³-hybridized carbons (Fsp3) is 0. The molecular weight excluding hydrogens is 817 g/mol. The van der Waals surface area contributed by atoms with E-state index >= 15 is 0 Å². The van der Waals surface area contributed by atoms with E-state index in [9.17, 15) is 5.21 Å². The Morgan fingerprint density at radius 2 is 0.646 bits per heavy atom. The highest BCUT2D eigenvalue weighted by Crippen LogP contribution is 2.39. The number of nitrogens with two attached hydrogens (primary N) is 4. The Bertz CT molecular complexity index is 3230. The second-order valence-electron chi connectivity index (χ2n) is 15.1. The van der Waals surface area contributed by atoms with Crippen LogP contribution in [0.5, 0.6) is 0 Å². The molecule has 0 radical (unpaired) electrons. The number of fused-ring (bicyclic) bond motifs is 8. The van der Waals surface area contributed by atoms with E-state index in [1.165, 1.54) is 0 Å². The average Bonchev–Trinajstić information content (AvgIpc) is 4.14. The normalized spacial score (nSPS) is 11.8. The van der Waals surface area contributed by atoms with Crippen molar-refractivity contribution in [2.24, 2.45) is 22.9 Å². The molecule has 0 fully saturated rings. The Hall–Kier alpha value is -9.64. The fourth-order valence-corrected chi connectivity index (χ4v) is 7.95. The number of anilines is 4. The molecule has 0 amide bonds. The van der Waals surface area contributed by atoms with Crippen LogP contribution in [0.2, 0.25) is 0 Å². The van der Waals surface area contributed by atoms with E-state index in [4.69, 9.17) is 49.1 Å². The van der Waals surface area contributed by atoms with Crippen LogP contribution < -0.4 is 49.4 Å². The SMILES string of the molecule is N=C(N)Nc1ccc(-c2c3nc(c(-c4ccc(NC(=N)N)cc4)c4ccc([nH]4)c(-c4ccc(NC(N)=[NH+][O-])cc4)c4nc(c(-c5ccc(NC(=N)N)cc5)c5ccc2[nH]5)C=C4)C=C3)cc1. The first kappa shape index (κ1) is 40.7. The molecule has 4 aromatic carbocycles. The van der Waals surface area contributed by atoms with E-state index in [-0.39, 0.29) is 23.8 Å². The summed E-state index contributed by atoms with van der Waals surface area (Å²) in [6, 6.07) is 38.5. The summed E-state index contributed by atoms with van der Waals surface area (Å²) >= 11 is 0. The van der Waals surface area contributed by atoms with Crippen molar-refractivity contribution < 1.29 is 5.16 Å². The minimum atomic E-state index is -0.170. The molecule has 320 valence electrons. The van der Waals surface area contributed by atoms with Gasteiger partial charge in [0.1, 0.15) is 0 Å². The minimum Gasteiger partial charge on any atom is -0.747 e. The molecule has 18 N–H and O–H groups in total. The van der Waals surface area contributed by atoms with E-state index in [0.29, 0.717) is 45.5 Å². The number of benzene rings is 4. The lowest BCUT2D eigenvalue weighted by Gasteiger charge is -2.09. The average molecular weight is 859 g/mol. The zero-order valence-electron chi connectivity index (χ0n) is 34.5. The van der Waals surface area contributed by atoms with Gasteiger partial charge in [-0.25, -0.2) is 15.3 Å². The third-order valence-electron chi connectivity index (χ3n) is 10.7. The van der Waals surface area contributed by atoms with E-state index < -0.39 is 0 Å². The monoisotopic (exact) mass is 858 g/mol. The second kappa shape index (κ2) is 17.0. The van der Waals surface area contributed by atoms with Crippen LogP contribution in [0.15, 0.2) is 121 Å². The van der Waals surface area contributed by atoms with E-state index in [1.807, 2.05) is 146 Å². The number of nitrogens with zero attached hydrogens (tertiary/aromatic N) is 2. The van der Waals surface area contributed by atoms with Crippen molar-refractivity contribution in [1.29, 1.82) is 16.2 Å². The maximum absolute atomic E-state index is 11.2. The van der Waals surface area contributed by atoms with Gasteiger partial charge in [0, 0.05) is 61.4 Å². The molecule has 9 rings (SSSR count). The summed E-state index contributed by atoms with van der Waals surface area (Å²) in [5.41, 5.74) is 37.9. The molecule has 5 heterocycles. The summed E-state index contributed by atoms with van der Waals surface area (Å²) in [6.07, 6.45) is 7.97. The van der Waals surface area contributed by atoms with Crippen molar-refractivity contribution >= 4 is 93.0 Å². The molecule has 0 saturated heterocycles. The van der Waals surface area contributed by atoms with Gasteiger partial charge in [-0.05, 0) is 119 Å². The second-order valence-corrected chi connectivity index (χ2v) is 15.1. The van der Waals surface area contributed by atoms with Gasteiger partial charge in [-0.1, -0.05) is 48.5 Å². The number of hydrogen-bond donors (Lipinski definition) is 14. The fourth-order valence-electron chi connectivity index (χ4n) is 7.95. The van der Waals surface area contributed by atoms with E-state index in [2.05, 4.69) is 31.2 Å². The summed E-state index contributed by atoms with van der Waals surface area (Å²) < 4.78 is 0.